The Balaban J connectivity index is 1.82. The molecule has 4 nitrogen and oxygen atoms in total. The Kier molecular flexibility index (Phi) is 6.89. The number of hydrogen-bond donors (Lipinski definition) is 0. The van der Waals surface area contributed by atoms with E-state index in [4.69, 9.17) is 20.2 Å². The Morgan fingerprint density at radius 1 is 1.06 bits per heavy atom. The molecule has 0 N–H and O–H groups in total. The minimum absolute atomic E-state index is 0.00290. The fraction of sp³-hybridized carbons (Fsp3) is 0.840. The first-order chi connectivity index (χ1) is 16.0. The van der Waals surface area contributed by atoms with E-state index in [1.807, 2.05) is 0 Å². The van der Waals surface area contributed by atoms with Crippen LogP contribution >= 0.6 is 11.6 Å². The lowest BCUT2D eigenvalue weighted by atomic mass is 9.50. The molecule has 0 saturated heterocycles. The number of alkyl halides is 3. The average molecular weight is 555 g/mol. The van der Waals surface area contributed by atoms with Crippen LogP contribution in [-0.4, -0.2) is 28.3 Å². The first-order valence-corrected chi connectivity index (χ1v) is 16.7. The molecule has 0 amide bonds. The summed E-state index contributed by atoms with van der Waals surface area (Å²) in [6.45, 7) is 15.4. The van der Waals surface area contributed by atoms with Crippen molar-refractivity contribution in [1.82, 2.24) is 0 Å². The second-order valence-electron chi connectivity index (χ2n) is 12.1. The summed E-state index contributed by atoms with van der Waals surface area (Å²) in [5, 5.41) is 0.798. The molecule has 0 aromatic heterocycles. The molecule has 35 heavy (non-hydrogen) atoms. The Morgan fingerprint density at radius 2 is 1.60 bits per heavy atom. The summed E-state index contributed by atoms with van der Waals surface area (Å²) in [5.41, 5.74) is -4.35. The van der Waals surface area contributed by atoms with Crippen LogP contribution in [0, 0.1) is 35.0 Å². The van der Waals surface area contributed by atoms with Gasteiger partial charge in [-0.3, -0.25) is 0 Å². The molecule has 6 atom stereocenters. The van der Waals surface area contributed by atoms with Crippen LogP contribution in [0.4, 0.5) is 13.2 Å². The Bertz CT molecular complexity index is 994. The Labute approximate surface area is 213 Å². The van der Waals surface area contributed by atoms with Gasteiger partial charge >= 0.3 is 15.6 Å². The zero-order valence-electron chi connectivity index (χ0n) is 21.5. The second kappa shape index (κ2) is 8.77. The van der Waals surface area contributed by atoms with Gasteiger partial charge in [0, 0.05) is 17.4 Å². The average Bonchev–Trinajstić information content (AvgIpc) is 3.48. The van der Waals surface area contributed by atoms with E-state index in [-0.39, 0.29) is 53.3 Å². The first-order valence-electron chi connectivity index (χ1n) is 12.8. The van der Waals surface area contributed by atoms with Crippen LogP contribution < -0.4 is 0 Å². The summed E-state index contributed by atoms with van der Waals surface area (Å²) in [5.74, 6) is -0.363. The summed E-state index contributed by atoms with van der Waals surface area (Å²) in [4.78, 5) is 0. The summed E-state index contributed by atoms with van der Waals surface area (Å²) >= 11 is 6.70. The van der Waals surface area contributed by atoms with Gasteiger partial charge in [-0.05, 0) is 64.6 Å². The number of allylic oxidation sites excluding steroid dienone is 3. The molecule has 200 valence electrons. The molecule has 2 saturated carbocycles. The van der Waals surface area contributed by atoms with Crippen molar-refractivity contribution in [3.8, 4) is 0 Å². The summed E-state index contributed by atoms with van der Waals surface area (Å²) in [6.07, 6.45) is 5.73. The van der Waals surface area contributed by atoms with Crippen LogP contribution in [0.5, 0.6) is 0 Å². The van der Waals surface area contributed by atoms with E-state index in [0.717, 1.165) is 17.9 Å². The van der Waals surface area contributed by atoms with Gasteiger partial charge in [-0.25, -0.2) is 0 Å². The highest BCUT2D eigenvalue weighted by molar-refractivity contribution is 7.87. The lowest BCUT2D eigenvalue weighted by molar-refractivity contribution is -0.0881. The third kappa shape index (κ3) is 4.15. The highest BCUT2D eigenvalue weighted by Crippen LogP contribution is 2.73. The van der Waals surface area contributed by atoms with E-state index in [1.165, 1.54) is 0 Å². The predicted molar refractivity (Wildman–Crippen MR) is 133 cm³/mol. The maximum atomic E-state index is 13.1. The molecule has 0 aliphatic heterocycles. The standard InChI is InChI=1S/C25H38ClF3O4SSi/c1-13(2)35(14(3)4,15(5)6)33-23-18-10-17(32-34(30,31)25(27,28)29)11-19(23)22-16(7)21(26)12-20(18)24(22)8-9-24/h10,12-16,18-20,22-23H,8-9,11H2,1-7H3/t16-,18+,19-,20+,22-,23-/m1/s1. The largest absolute Gasteiger partial charge is 0.534 e. The summed E-state index contributed by atoms with van der Waals surface area (Å²) < 4.78 is 75.2. The normalized spacial score (nSPS) is 34.3. The monoisotopic (exact) mass is 554 g/mol. The molecule has 0 unspecified atom stereocenters. The summed E-state index contributed by atoms with van der Waals surface area (Å²) in [6, 6.07) is 0. The van der Waals surface area contributed by atoms with E-state index >= 15 is 0 Å². The molecule has 0 aromatic rings. The van der Waals surface area contributed by atoms with Crippen LogP contribution in [0.3, 0.4) is 0 Å². The van der Waals surface area contributed by atoms with Gasteiger partial charge in [0.15, 0.2) is 0 Å². The third-order valence-corrected chi connectivity index (χ3v) is 17.1. The van der Waals surface area contributed by atoms with Crippen molar-refractivity contribution in [3.63, 3.8) is 0 Å². The molecule has 0 radical (unpaired) electrons. The van der Waals surface area contributed by atoms with E-state index in [9.17, 15) is 21.6 Å². The smallest absolute Gasteiger partial charge is 0.412 e. The molecule has 10 heteroatoms. The van der Waals surface area contributed by atoms with E-state index in [1.54, 1.807) is 6.08 Å². The third-order valence-electron chi connectivity index (χ3n) is 9.51. The highest BCUT2D eigenvalue weighted by Gasteiger charge is 2.69. The minimum Gasteiger partial charge on any atom is -0.412 e. The van der Waals surface area contributed by atoms with Gasteiger partial charge in [-0.2, -0.15) is 21.6 Å². The van der Waals surface area contributed by atoms with Crippen molar-refractivity contribution in [3.05, 3.63) is 22.9 Å². The van der Waals surface area contributed by atoms with Gasteiger partial charge in [0.1, 0.15) is 5.76 Å². The van der Waals surface area contributed by atoms with Gasteiger partial charge in [0.2, 0.25) is 8.32 Å². The fourth-order valence-electron chi connectivity index (χ4n) is 8.19. The zero-order chi connectivity index (χ0) is 26.3. The van der Waals surface area contributed by atoms with Crippen LogP contribution in [0.15, 0.2) is 22.9 Å². The van der Waals surface area contributed by atoms with Crippen LogP contribution in [-0.2, 0) is 18.7 Å². The zero-order valence-corrected chi connectivity index (χ0v) is 24.1. The van der Waals surface area contributed by atoms with Crippen molar-refractivity contribution in [1.29, 1.82) is 0 Å². The van der Waals surface area contributed by atoms with Crippen molar-refractivity contribution in [2.45, 2.75) is 96.0 Å². The molecule has 1 spiro atoms. The molecule has 2 fully saturated rings. The lowest BCUT2D eigenvalue weighted by Gasteiger charge is -2.60. The van der Waals surface area contributed by atoms with Crippen LogP contribution in [0.1, 0.15) is 67.7 Å². The molecular formula is C25H38ClF3O4SSi. The lowest BCUT2D eigenvalue weighted by Crippen LogP contribution is -2.61. The Hall–Kier alpha value is -0.513. The molecule has 4 aliphatic carbocycles. The number of hydrogen-bond acceptors (Lipinski definition) is 4. The number of fused-ring (bicyclic) bond motifs is 4. The second-order valence-corrected chi connectivity index (χ2v) is 19.5. The number of halogens is 4. The van der Waals surface area contributed by atoms with Gasteiger partial charge in [0.05, 0.1) is 6.10 Å². The van der Waals surface area contributed by atoms with E-state index in [2.05, 4.69) is 54.5 Å². The van der Waals surface area contributed by atoms with Crippen molar-refractivity contribution < 1.29 is 30.2 Å². The van der Waals surface area contributed by atoms with Crippen LogP contribution in [0.25, 0.3) is 0 Å². The van der Waals surface area contributed by atoms with Gasteiger partial charge in [-0.1, -0.05) is 66.1 Å². The van der Waals surface area contributed by atoms with Crippen molar-refractivity contribution in [2.24, 2.45) is 35.0 Å². The van der Waals surface area contributed by atoms with Gasteiger partial charge in [-0.15, -0.1) is 0 Å². The maximum absolute atomic E-state index is 13.1. The summed E-state index contributed by atoms with van der Waals surface area (Å²) in [7, 11) is -8.04. The van der Waals surface area contributed by atoms with Crippen molar-refractivity contribution in [2.75, 3.05) is 0 Å². The minimum atomic E-state index is -5.72. The maximum Gasteiger partial charge on any atom is 0.534 e. The molecular weight excluding hydrogens is 517 g/mol. The first kappa shape index (κ1) is 27.5. The topological polar surface area (TPSA) is 52.6 Å². The predicted octanol–water partition coefficient (Wildman–Crippen LogP) is 7.73. The quantitative estimate of drug-likeness (QED) is 0.183. The molecule has 4 rings (SSSR count). The van der Waals surface area contributed by atoms with E-state index in [0.29, 0.717) is 16.6 Å². The van der Waals surface area contributed by atoms with Crippen LogP contribution in [0.2, 0.25) is 16.6 Å². The Morgan fingerprint density at radius 3 is 2.06 bits per heavy atom. The SMILES string of the molecule is CC(C)[Si](O[C@@H]1[C@H]2C=C(OS(=O)(=O)C(F)(F)F)C[C@@H]1[C@H]1[C@H](C)C(Cl)=C[C@@H]2C12CC2)(C(C)C)C(C)C. The molecule has 0 heterocycles. The highest BCUT2D eigenvalue weighted by atomic mass is 35.5. The molecule has 0 aromatic carbocycles. The fourth-order valence-corrected chi connectivity index (χ4v) is 14.6. The van der Waals surface area contributed by atoms with E-state index < -0.39 is 23.9 Å². The molecule has 4 aliphatic rings. The van der Waals surface area contributed by atoms with Gasteiger partial charge in [0.25, 0.3) is 0 Å². The molecule has 4 bridgehead atoms. The van der Waals surface area contributed by atoms with Crippen molar-refractivity contribution >= 4 is 30.0 Å². The van der Waals surface area contributed by atoms with Gasteiger partial charge < -0.3 is 8.61 Å². The number of rotatable bonds is 7.